The molecule has 3 rings (SSSR count). The number of ether oxygens (including phenoxy) is 5. The van der Waals surface area contributed by atoms with Crippen LogP contribution in [0.25, 0.3) is 0 Å². The zero-order valence-corrected chi connectivity index (χ0v) is 17.3. The summed E-state index contributed by atoms with van der Waals surface area (Å²) in [6.07, 6.45) is -21.2. The molecule has 0 aliphatic carbocycles. The molecular weight excluding hydrogens is 424 g/mol. The van der Waals surface area contributed by atoms with E-state index in [-0.39, 0.29) is 0 Å². The topological polar surface area (TPSA) is 208 Å². The first-order valence-corrected chi connectivity index (χ1v) is 10.2. The highest BCUT2D eigenvalue weighted by Crippen LogP contribution is 2.32. The molecule has 13 heteroatoms. The molecule has 1 unspecified atom stereocenters. The van der Waals surface area contributed by atoms with Gasteiger partial charge in [0.2, 0.25) is 0 Å². The van der Waals surface area contributed by atoms with Gasteiger partial charge in [-0.05, 0) is 20.8 Å². The Labute approximate surface area is 178 Å². The van der Waals surface area contributed by atoms with Gasteiger partial charge in [0.05, 0.1) is 18.3 Å². The van der Waals surface area contributed by atoms with Gasteiger partial charge < -0.3 is 64.5 Å². The standard InChI is InChI=1S/C18H32O13/c1-4-8(20)11(23)14(16(26)27-4)30-18-15(12(24)9(21)6(3)29-18)31-17-13(25)10(22)7(19)5(2)28-17/h4-26H,1-3H3/t4-,5-,6-,7+,8+,9+,10+,11+,12+,13-,14-,15-,16?,17-,18-/m0/s1. The van der Waals surface area contributed by atoms with Gasteiger partial charge in [-0.2, -0.15) is 0 Å². The Morgan fingerprint density at radius 1 is 0.452 bits per heavy atom. The minimum Gasteiger partial charge on any atom is -0.388 e. The monoisotopic (exact) mass is 456 g/mol. The Morgan fingerprint density at radius 3 is 1.45 bits per heavy atom. The van der Waals surface area contributed by atoms with Gasteiger partial charge in [0.25, 0.3) is 0 Å². The third-order valence-corrected chi connectivity index (χ3v) is 5.98. The van der Waals surface area contributed by atoms with E-state index in [4.69, 9.17) is 23.7 Å². The summed E-state index contributed by atoms with van der Waals surface area (Å²) in [5.41, 5.74) is 0. The number of rotatable bonds is 4. The molecule has 0 aromatic carbocycles. The van der Waals surface area contributed by atoms with E-state index in [1.807, 2.05) is 0 Å². The Hall–Kier alpha value is -0.520. The largest absolute Gasteiger partial charge is 0.388 e. The molecule has 3 heterocycles. The van der Waals surface area contributed by atoms with Crippen LogP contribution < -0.4 is 0 Å². The summed E-state index contributed by atoms with van der Waals surface area (Å²) in [6.45, 7) is 4.32. The molecule has 0 aromatic heterocycles. The number of aliphatic hydroxyl groups excluding tert-OH is 8. The predicted molar refractivity (Wildman–Crippen MR) is 97.0 cm³/mol. The lowest BCUT2D eigenvalue weighted by Gasteiger charge is -2.47. The minimum atomic E-state index is -1.70. The van der Waals surface area contributed by atoms with Crippen LogP contribution in [0.4, 0.5) is 0 Å². The number of hydrogen-bond acceptors (Lipinski definition) is 13. The van der Waals surface area contributed by atoms with Crippen molar-refractivity contribution in [3.8, 4) is 0 Å². The third-order valence-electron chi connectivity index (χ3n) is 5.98. The maximum atomic E-state index is 10.5. The van der Waals surface area contributed by atoms with Gasteiger partial charge in [-0.1, -0.05) is 0 Å². The lowest BCUT2D eigenvalue weighted by molar-refractivity contribution is -0.386. The summed E-state index contributed by atoms with van der Waals surface area (Å²) >= 11 is 0. The zero-order valence-electron chi connectivity index (χ0n) is 17.3. The fourth-order valence-electron chi connectivity index (χ4n) is 3.86. The van der Waals surface area contributed by atoms with Crippen molar-refractivity contribution in [2.24, 2.45) is 0 Å². The van der Waals surface area contributed by atoms with Crippen molar-refractivity contribution in [3.05, 3.63) is 0 Å². The smallest absolute Gasteiger partial charge is 0.187 e. The second kappa shape index (κ2) is 9.77. The normalized spacial score (nSPS) is 56.4. The van der Waals surface area contributed by atoms with Crippen LogP contribution in [0.15, 0.2) is 0 Å². The summed E-state index contributed by atoms with van der Waals surface area (Å²) in [5.74, 6) is 0. The van der Waals surface area contributed by atoms with E-state index >= 15 is 0 Å². The third kappa shape index (κ3) is 4.89. The first-order chi connectivity index (χ1) is 14.4. The van der Waals surface area contributed by atoms with Crippen LogP contribution in [0.2, 0.25) is 0 Å². The van der Waals surface area contributed by atoms with Gasteiger partial charge in [-0.25, -0.2) is 0 Å². The molecule has 3 saturated heterocycles. The van der Waals surface area contributed by atoms with Crippen molar-refractivity contribution in [1.29, 1.82) is 0 Å². The van der Waals surface area contributed by atoms with E-state index in [1.165, 1.54) is 20.8 Å². The quantitative estimate of drug-likeness (QED) is 0.201. The Kier molecular flexibility index (Phi) is 7.91. The van der Waals surface area contributed by atoms with Gasteiger partial charge >= 0.3 is 0 Å². The summed E-state index contributed by atoms with van der Waals surface area (Å²) in [6, 6.07) is 0. The van der Waals surface area contributed by atoms with Crippen molar-refractivity contribution in [1.82, 2.24) is 0 Å². The maximum Gasteiger partial charge on any atom is 0.187 e. The van der Waals surface area contributed by atoms with Crippen LogP contribution in [0.1, 0.15) is 20.8 Å². The van der Waals surface area contributed by atoms with Gasteiger partial charge in [-0.15, -0.1) is 0 Å². The second-order valence-electron chi connectivity index (χ2n) is 8.29. The summed E-state index contributed by atoms with van der Waals surface area (Å²) < 4.78 is 27.2. The predicted octanol–water partition coefficient (Wildman–Crippen LogP) is -4.49. The van der Waals surface area contributed by atoms with Gasteiger partial charge in [0.15, 0.2) is 18.9 Å². The number of hydrogen-bond donors (Lipinski definition) is 8. The molecule has 0 spiro atoms. The highest BCUT2D eigenvalue weighted by atomic mass is 16.8. The Bertz CT molecular complexity index is 595. The van der Waals surface area contributed by atoms with Gasteiger partial charge in [-0.3, -0.25) is 0 Å². The first-order valence-electron chi connectivity index (χ1n) is 10.2. The molecule has 0 amide bonds. The molecule has 13 nitrogen and oxygen atoms in total. The average Bonchev–Trinajstić information content (AvgIpc) is 2.72. The first kappa shape index (κ1) is 25.1. The SMILES string of the molecule is C[C@@H]1O[C@@H](O[C@@H]2[C@H](O[C@@H]3C(O)O[C@@H](C)[C@@H](O)[C@H]3O)O[C@@H](C)[C@@H](O)[C@H]2O)[C@@H](O)[C@H](O)[C@@H]1O. The van der Waals surface area contributed by atoms with Crippen LogP contribution in [0, 0.1) is 0 Å². The Morgan fingerprint density at radius 2 is 0.871 bits per heavy atom. The van der Waals surface area contributed by atoms with Crippen molar-refractivity contribution < 1.29 is 64.5 Å². The zero-order chi connectivity index (χ0) is 23.2. The molecule has 182 valence electrons. The van der Waals surface area contributed by atoms with Crippen molar-refractivity contribution >= 4 is 0 Å². The van der Waals surface area contributed by atoms with E-state index in [9.17, 15) is 40.9 Å². The highest BCUT2D eigenvalue weighted by Gasteiger charge is 2.52. The molecule has 0 bridgehead atoms. The number of aliphatic hydroxyl groups is 8. The van der Waals surface area contributed by atoms with Crippen LogP contribution in [0.5, 0.6) is 0 Å². The van der Waals surface area contributed by atoms with E-state index in [2.05, 4.69) is 0 Å². The molecule has 31 heavy (non-hydrogen) atoms. The average molecular weight is 456 g/mol. The minimum absolute atomic E-state index is 0.879. The molecule has 15 atom stereocenters. The van der Waals surface area contributed by atoms with E-state index in [0.717, 1.165) is 0 Å². The molecule has 0 aromatic rings. The van der Waals surface area contributed by atoms with Crippen molar-refractivity contribution in [3.63, 3.8) is 0 Å². The van der Waals surface area contributed by atoms with Crippen molar-refractivity contribution in [2.45, 2.75) is 113 Å². The summed E-state index contributed by atoms with van der Waals surface area (Å²) in [7, 11) is 0. The lowest BCUT2D eigenvalue weighted by Crippen LogP contribution is -2.65. The van der Waals surface area contributed by atoms with E-state index in [0.29, 0.717) is 0 Å². The molecular formula is C18H32O13. The molecule has 8 N–H and O–H groups in total. The molecule has 0 saturated carbocycles. The Balaban J connectivity index is 1.78. The van der Waals surface area contributed by atoms with Gasteiger partial charge in [0, 0.05) is 0 Å². The fourth-order valence-corrected chi connectivity index (χ4v) is 3.86. The fraction of sp³-hybridized carbons (Fsp3) is 1.00. The molecule has 3 aliphatic heterocycles. The van der Waals surface area contributed by atoms with E-state index < -0.39 is 92.1 Å². The highest BCUT2D eigenvalue weighted by molar-refractivity contribution is 4.94. The van der Waals surface area contributed by atoms with E-state index in [1.54, 1.807) is 0 Å². The van der Waals surface area contributed by atoms with Crippen LogP contribution in [-0.4, -0.2) is 133 Å². The second-order valence-corrected chi connectivity index (χ2v) is 8.29. The summed E-state index contributed by atoms with van der Waals surface area (Å²) in [4.78, 5) is 0. The lowest BCUT2D eigenvalue weighted by atomic mass is 9.97. The maximum absolute atomic E-state index is 10.5. The van der Waals surface area contributed by atoms with Crippen LogP contribution >= 0.6 is 0 Å². The van der Waals surface area contributed by atoms with Crippen LogP contribution in [0.3, 0.4) is 0 Å². The van der Waals surface area contributed by atoms with Crippen LogP contribution in [-0.2, 0) is 23.7 Å². The summed E-state index contributed by atoms with van der Waals surface area (Å²) in [5, 5.41) is 81.2. The van der Waals surface area contributed by atoms with Crippen molar-refractivity contribution in [2.75, 3.05) is 0 Å². The molecule has 3 aliphatic rings. The van der Waals surface area contributed by atoms with Gasteiger partial charge in [0.1, 0.15) is 54.9 Å². The molecule has 3 fully saturated rings. The molecule has 0 radical (unpaired) electrons.